The van der Waals surface area contributed by atoms with Gasteiger partial charge >= 0.3 is 11.9 Å². The molecule has 0 unspecified atom stereocenters. The minimum atomic E-state index is -0.944. The lowest BCUT2D eigenvalue weighted by atomic mass is 10.1. The molecule has 0 aliphatic rings. The summed E-state index contributed by atoms with van der Waals surface area (Å²) in [6.45, 7) is 6.68. The van der Waals surface area contributed by atoms with Gasteiger partial charge in [-0.15, -0.1) is 0 Å². The number of carbonyl (C=O) groups excluding carboxylic acids is 1. The van der Waals surface area contributed by atoms with Crippen LogP contribution in [-0.2, 0) is 16.0 Å². The molecule has 0 atom stereocenters. The van der Waals surface area contributed by atoms with Gasteiger partial charge in [0.15, 0.2) is 0 Å². The summed E-state index contributed by atoms with van der Waals surface area (Å²) in [6, 6.07) is 11.8. The lowest BCUT2D eigenvalue weighted by molar-refractivity contribution is -0.136. The van der Waals surface area contributed by atoms with E-state index in [9.17, 15) is 9.59 Å². The summed E-state index contributed by atoms with van der Waals surface area (Å²) in [5.74, 6) is -0.771. The van der Waals surface area contributed by atoms with Crippen LogP contribution >= 0.6 is 0 Å². The monoisotopic (exact) mass is 398 g/mol. The maximum Gasteiger partial charge on any atom is 0.342 e. The Morgan fingerprint density at radius 3 is 2.55 bits per heavy atom. The van der Waals surface area contributed by atoms with E-state index < -0.39 is 11.9 Å². The van der Waals surface area contributed by atoms with Crippen molar-refractivity contribution < 1.29 is 24.2 Å². The fraction of sp³-hybridized carbons (Fsp3) is 0.364. The molecule has 7 nitrogen and oxygen atoms in total. The van der Waals surface area contributed by atoms with Gasteiger partial charge in [-0.2, -0.15) is 10.2 Å². The standard InChI is InChI=1S/C22H26N2O5/c1-4-11-28-20-10-9-17(13-18(20)22(27)29-14-15(2)3)23-24-19-8-6-5-7-16(19)12-21(25)26/h5-10,13,15H,4,11-12,14H2,1-3H3,(H,25,26). The van der Waals surface area contributed by atoms with Gasteiger partial charge in [0.1, 0.15) is 11.3 Å². The van der Waals surface area contributed by atoms with Crippen LogP contribution in [0.5, 0.6) is 5.75 Å². The van der Waals surface area contributed by atoms with Gasteiger partial charge in [0.2, 0.25) is 0 Å². The first-order valence-electron chi connectivity index (χ1n) is 9.56. The van der Waals surface area contributed by atoms with Crippen LogP contribution in [0.25, 0.3) is 0 Å². The molecule has 0 saturated carbocycles. The van der Waals surface area contributed by atoms with E-state index in [2.05, 4.69) is 10.2 Å². The minimum absolute atomic E-state index is 0.147. The molecular weight excluding hydrogens is 372 g/mol. The van der Waals surface area contributed by atoms with E-state index in [1.165, 1.54) is 0 Å². The van der Waals surface area contributed by atoms with E-state index in [0.717, 1.165) is 6.42 Å². The highest BCUT2D eigenvalue weighted by Crippen LogP contribution is 2.28. The Hall–Kier alpha value is -3.22. The molecule has 0 amide bonds. The maximum absolute atomic E-state index is 12.5. The first-order valence-corrected chi connectivity index (χ1v) is 9.56. The second-order valence-electron chi connectivity index (χ2n) is 6.92. The van der Waals surface area contributed by atoms with Gasteiger partial charge in [-0.05, 0) is 42.2 Å². The molecule has 2 rings (SSSR count). The van der Waals surface area contributed by atoms with Crippen molar-refractivity contribution in [3.8, 4) is 5.75 Å². The lowest BCUT2D eigenvalue weighted by Crippen LogP contribution is -2.12. The van der Waals surface area contributed by atoms with Crippen molar-refractivity contribution in [1.29, 1.82) is 0 Å². The Labute approximate surface area is 170 Å². The number of rotatable bonds is 10. The Balaban J connectivity index is 2.29. The molecule has 7 heteroatoms. The number of aliphatic carboxylic acids is 1. The fourth-order valence-electron chi connectivity index (χ4n) is 2.43. The first kappa shape index (κ1) is 22.1. The SMILES string of the molecule is CCCOc1ccc(N=Nc2ccccc2CC(=O)O)cc1C(=O)OCC(C)C. The van der Waals surface area contributed by atoms with Crippen molar-refractivity contribution in [2.24, 2.45) is 16.1 Å². The largest absolute Gasteiger partial charge is 0.493 e. The zero-order chi connectivity index (χ0) is 21.2. The molecule has 0 saturated heterocycles. The zero-order valence-electron chi connectivity index (χ0n) is 16.9. The van der Waals surface area contributed by atoms with Gasteiger partial charge in [-0.3, -0.25) is 4.79 Å². The average Bonchev–Trinajstić information content (AvgIpc) is 2.69. The van der Waals surface area contributed by atoms with Gasteiger partial charge in [-0.25, -0.2) is 4.79 Å². The van der Waals surface area contributed by atoms with Crippen molar-refractivity contribution in [2.45, 2.75) is 33.6 Å². The number of azo groups is 1. The van der Waals surface area contributed by atoms with Crippen molar-refractivity contribution in [3.05, 3.63) is 53.6 Å². The molecule has 0 fully saturated rings. The van der Waals surface area contributed by atoms with E-state index in [1.807, 2.05) is 20.8 Å². The topological polar surface area (TPSA) is 97.5 Å². The number of carboxylic acid groups (broad SMARTS) is 1. The maximum atomic E-state index is 12.5. The summed E-state index contributed by atoms with van der Waals surface area (Å²) >= 11 is 0. The van der Waals surface area contributed by atoms with Crippen molar-refractivity contribution in [2.75, 3.05) is 13.2 Å². The van der Waals surface area contributed by atoms with Gasteiger partial charge in [0.05, 0.1) is 31.0 Å². The first-order chi connectivity index (χ1) is 13.9. The summed E-state index contributed by atoms with van der Waals surface area (Å²) in [6.07, 6.45) is 0.661. The summed E-state index contributed by atoms with van der Waals surface area (Å²) in [5.41, 5.74) is 1.75. The zero-order valence-corrected chi connectivity index (χ0v) is 16.9. The normalized spacial score (nSPS) is 11.0. The van der Waals surface area contributed by atoms with Gasteiger partial charge in [0, 0.05) is 0 Å². The number of ether oxygens (including phenoxy) is 2. The predicted octanol–water partition coefficient (Wildman–Crippen LogP) is 5.33. The quantitative estimate of drug-likeness (QED) is 0.431. The van der Waals surface area contributed by atoms with Crippen molar-refractivity contribution in [3.63, 3.8) is 0 Å². The van der Waals surface area contributed by atoms with E-state index in [0.29, 0.717) is 35.9 Å². The van der Waals surface area contributed by atoms with Crippen LogP contribution in [0.1, 0.15) is 43.1 Å². The molecule has 0 radical (unpaired) electrons. The molecule has 29 heavy (non-hydrogen) atoms. The van der Waals surface area contributed by atoms with Crippen LogP contribution < -0.4 is 4.74 Å². The van der Waals surface area contributed by atoms with Crippen LogP contribution in [0.15, 0.2) is 52.7 Å². The summed E-state index contributed by atoms with van der Waals surface area (Å²) in [7, 11) is 0. The Kier molecular flexibility index (Phi) is 8.33. The summed E-state index contributed by atoms with van der Waals surface area (Å²) in [5, 5.41) is 17.4. The summed E-state index contributed by atoms with van der Waals surface area (Å²) in [4.78, 5) is 23.5. The number of benzene rings is 2. The highest BCUT2D eigenvalue weighted by atomic mass is 16.5. The van der Waals surface area contributed by atoms with E-state index in [4.69, 9.17) is 14.6 Å². The molecule has 0 aliphatic carbocycles. The number of carboxylic acids is 1. The van der Waals surface area contributed by atoms with E-state index in [1.54, 1.807) is 42.5 Å². The second kappa shape index (κ2) is 10.9. The molecule has 0 bridgehead atoms. The molecule has 2 aromatic carbocycles. The molecule has 2 aromatic rings. The predicted molar refractivity (Wildman–Crippen MR) is 109 cm³/mol. The molecule has 0 spiro atoms. The molecule has 0 aliphatic heterocycles. The number of hydrogen-bond donors (Lipinski definition) is 1. The van der Waals surface area contributed by atoms with Crippen LogP contribution in [-0.4, -0.2) is 30.3 Å². The third-order valence-electron chi connectivity index (χ3n) is 3.80. The molecular formula is C22H26N2O5. The third-order valence-corrected chi connectivity index (χ3v) is 3.80. The number of esters is 1. The number of carbonyl (C=O) groups is 2. The van der Waals surface area contributed by atoms with E-state index in [-0.39, 0.29) is 17.9 Å². The van der Waals surface area contributed by atoms with Gasteiger partial charge in [0.25, 0.3) is 0 Å². The lowest BCUT2D eigenvalue weighted by Gasteiger charge is -2.12. The van der Waals surface area contributed by atoms with Gasteiger partial charge < -0.3 is 14.6 Å². The Morgan fingerprint density at radius 2 is 1.86 bits per heavy atom. The molecule has 0 aromatic heterocycles. The van der Waals surface area contributed by atoms with Crippen molar-refractivity contribution >= 4 is 23.3 Å². The smallest absolute Gasteiger partial charge is 0.342 e. The summed E-state index contributed by atoms with van der Waals surface area (Å²) < 4.78 is 11.0. The average molecular weight is 398 g/mol. The van der Waals surface area contributed by atoms with Crippen LogP contribution in [0.3, 0.4) is 0 Å². The Bertz CT molecular complexity index is 877. The van der Waals surface area contributed by atoms with E-state index >= 15 is 0 Å². The highest BCUT2D eigenvalue weighted by molar-refractivity contribution is 5.93. The number of hydrogen-bond acceptors (Lipinski definition) is 6. The van der Waals surface area contributed by atoms with Gasteiger partial charge in [-0.1, -0.05) is 39.0 Å². The van der Waals surface area contributed by atoms with Crippen LogP contribution in [0.2, 0.25) is 0 Å². The molecule has 1 N–H and O–H groups in total. The third kappa shape index (κ3) is 7.03. The minimum Gasteiger partial charge on any atom is -0.493 e. The molecule has 154 valence electrons. The Morgan fingerprint density at radius 1 is 1.10 bits per heavy atom. The van der Waals surface area contributed by atoms with Crippen LogP contribution in [0, 0.1) is 5.92 Å². The second-order valence-corrected chi connectivity index (χ2v) is 6.92. The van der Waals surface area contributed by atoms with Crippen LogP contribution in [0.4, 0.5) is 11.4 Å². The fourth-order valence-corrected chi connectivity index (χ4v) is 2.43. The van der Waals surface area contributed by atoms with Crippen molar-refractivity contribution in [1.82, 2.24) is 0 Å². The molecule has 0 heterocycles. The number of nitrogens with zero attached hydrogens (tertiary/aromatic N) is 2. The highest BCUT2D eigenvalue weighted by Gasteiger charge is 2.16.